The lowest BCUT2D eigenvalue weighted by molar-refractivity contribution is -0.141. The second-order valence-corrected chi connectivity index (χ2v) is 5.08. The molecule has 3 rings (SSSR count). The summed E-state index contributed by atoms with van der Waals surface area (Å²) in [5.41, 5.74) is 1.80. The summed E-state index contributed by atoms with van der Waals surface area (Å²) < 4.78 is 10.7. The summed E-state index contributed by atoms with van der Waals surface area (Å²) in [5.74, 6) is -0.00525. The van der Waals surface area contributed by atoms with Crippen molar-refractivity contribution >= 4 is 5.97 Å². The Morgan fingerprint density at radius 1 is 1.21 bits per heavy atom. The first-order valence-electron chi connectivity index (χ1n) is 7.13. The molecular formula is C16H14N4O4. The molecule has 0 aliphatic carbocycles. The van der Waals surface area contributed by atoms with Crippen LogP contribution in [0.5, 0.6) is 0 Å². The van der Waals surface area contributed by atoms with Crippen LogP contribution in [0.3, 0.4) is 0 Å². The van der Waals surface area contributed by atoms with E-state index in [0.717, 1.165) is 15.8 Å². The zero-order valence-electron chi connectivity index (χ0n) is 13.1. The van der Waals surface area contributed by atoms with Crippen LogP contribution < -0.4 is 5.56 Å². The third kappa shape index (κ3) is 3.22. The molecule has 0 saturated heterocycles. The van der Waals surface area contributed by atoms with Crippen LogP contribution in [0.2, 0.25) is 0 Å². The molecule has 0 spiro atoms. The highest BCUT2D eigenvalue weighted by atomic mass is 16.5. The number of rotatable bonds is 4. The Morgan fingerprint density at radius 3 is 2.67 bits per heavy atom. The molecule has 0 bridgehead atoms. The highest BCUT2D eigenvalue weighted by Crippen LogP contribution is 2.20. The number of ether oxygens (including phenoxy) is 1. The van der Waals surface area contributed by atoms with Gasteiger partial charge in [0.05, 0.1) is 7.11 Å². The fourth-order valence-corrected chi connectivity index (χ4v) is 2.01. The zero-order chi connectivity index (χ0) is 17.1. The van der Waals surface area contributed by atoms with E-state index in [0.29, 0.717) is 11.5 Å². The van der Waals surface area contributed by atoms with Gasteiger partial charge in [-0.3, -0.25) is 9.59 Å². The van der Waals surface area contributed by atoms with E-state index in [2.05, 4.69) is 20.0 Å². The molecule has 2 aromatic heterocycles. The number of methoxy groups -OCH3 is 1. The molecule has 0 aliphatic heterocycles. The molecule has 122 valence electrons. The fraction of sp³-hybridized carbons (Fsp3) is 0.188. The van der Waals surface area contributed by atoms with Gasteiger partial charge in [0.15, 0.2) is 0 Å². The van der Waals surface area contributed by atoms with Crippen LogP contribution in [0.1, 0.15) is 5.56 Å². The molecule has 8 heteroatoms. The van der Waals surface area contributed by atoms with Gasteiger partial charge in [0, 0.05) is 11.6 Å². The average molecular weight is 326 g/mol. The molecule has 0 amide bonds. The second-order valence-electron chi connectivity index (χ2n) is 5.08. The van der Waals surface area contributed by atoms with Gasteiger partial charge in [-0.2, -0.15) is 10.1 Å². The van der Waals surface area contributed by atoms with Crippen LogP contribution in [0.15, 0.2) is 45.7 Å². The number of benzene rings is 1. The van der Waals surface area contributed by atoms with Crippen molar-refractivity contribution in [3.63, 3.8) is 0 Å². The van der Waals surface area contributed by atoms with Crippen molar-refractivity contribution in [1.29, 1.82) is 0 Å². The van der Waals surface area contributed by atoms with Crippen molar-refractivity contribution in [2.75, 3.05) is 7.11 Å². The quantitative estimate of drug-likeness (QED) is 0.669. The lowest BCUT2D eigenvalue weighted by Gasteiger charge is -2.03. The number of hydrogen-bond acceptors (Lipinski definition) is 7. The van der Waals surface area contributed by atoms with E-state index >= 15 is 0 Å². The molecule has 0 unspecified atom stereocenters. The number of hydrogen-bond donors (Lipinski definition) is 0. The smallest absolute Gasteiger partial charge is 0.327 e. The Balaban J connectivity index is 1.92. The maximum absolute atomic E-state index is 11.7. The minimum atomic E-state index is -0.576. The first-order chi connectivity index (χ1) is 11.6. The predicted octanol–water partition coefficient (Wildman–Crippen LogP) is 1.44. The maximum Gasteiger partial charge on any atom is 0.327 e. The highest BCUT2D eigenvalue weighted by Gasteiger charge is 2.14. The van der Waals surface area contributed by atoms with Crippen molar-refractivity contribution in [3.8, 4) is 23.0 Å². The monoisotopic (exact) mass is 326 g/mol. The summed E-state index contributed by atoms with van der Waals surface area (Å²) in [6.45, 7) is 1.70. The Labute approximate surface area is 136 Å². The van der Waals surface area contributed by atoms with Crippen molar-refractivity contribution in [3.05, 3.63) is 52.3 Å². The molecule has 3 aromatic rings. The lowest BCUT2D eigenvalue weighted by Crippen LogP contribution is -2.26. The molecule has 0 saturated carbocycles. The number of esters is 1. The van der Waals surface area contributed by atoms with Gasteiger partial charge in [-0.1, -0.05) is 35.0 Å². The summed E-state index contributed by atoms with van der Waals surface area (Å²) in [5, 5.41) is 7.98. The van der Waals surface area contributed by atoms with E-state index in [-0.39, 0.29) is 12.4 Å². The van der Waals surface area contributed by atoms with Crippen molar-refractivity contribution in [1.82, 2.24) is 19.9 Å². The number of carbonyl (C=O) groups excluding carboxylic acids is 1. The molecule has 0 fully saturated rings. The largest absolute Gasteiger partial charge is 0.468 e. The summed E-state index contributed by atoms with van der Waals surface area (Å²) in [7, 11) is 1.24. The molecule has 8 nitrogen and oxygen atoms in total. The Kier molecular flexibility index (Phi) is 4.19. The average Bonchev–Trinajstić information content (AvgIpc) is 3.07. The summed E-state index contributed by atoms with van der Waals surface area (Å²) in [6, 6.07) is 10.4. The highest BCUT2D eigenvalue weighted by molar-refractivity contribution is 5.68. The topological polar surface area (TPSA) is 100 Å². The van der Waals surface area contributed by atoms with Crippen molar-refractivity contribution in [2.45, 2.75) is 13.5 Å². The van der Waals surface area contributed by atoms with Crippen LogP contribution >= 0.6 is 0 Å². The molecule has 0 atom stereocenters. The number of aromatic nitrogens is 4. The number of nitrogens with zero attached hydrogens (tertiary/aromatic N) is 4. The fourth-order valence-electron chi connectivity index (χ4n) is 2.01. The van der Waals surface area contributed by atoms with Crippen molar-refractivity contribution < 1.29 is 14.1 Å². The van der Waals surface area contributed by atoms with Crippen LogP contribution in [0.4, 0.5) is 0 Å². The van der Waals surface area contributed by atoms with Gasteiger partial charge in [0.25, 0.3) is 11.4 Å². The van der Waals surface area contributed by atoms with Gasteiger partial charge in [0.2, 0.25) is 5.82 Å². The number of aryl methyl sites for hydroxylation is 1. The molecule has 0 aliphatic rings. The summed E-state index contributed by atoms with van der Waals surface area (Å²) in [4.78, 5) is 27.3. The third-order valence-electron chi connectivity index (χ3n) is 3.33. The van der Waals surface area contributed by atoms with Crippen LogP contribution in [-0.4, -0.2) is 33.0 Å². The van der Waals surface area contributed by atoms with Crippen LogP contribution in [0, 0.1) is 6.92 Å². The normalized spacial score (nSPS) is 10.6. The third-order valence-corrected chi connectivity index (χ3v) is 3.33. The Bertz CT molecular complexity index is 928. The van der Waals surface area contributed by atoms with Gasteiger partial charge in [-0.25, -0.2) is 4.68 Å². The lowest BCUT2D eigenvalue weighted by atomic mass is 10.1. The van der Waals surface area contributed by atoms with Gasteiger partial charge in [-0.15, -0.1) is 0 Å². The van der Waals surface area contributed by atoms with Gasteiger partial charge < -0.3 is 9.26 Å². The van der Waals surface area contributed by atoms with Crippen LogP contribution in [0.25, 0.3) is 23.0 Å². The molecular weight excluding hydrogens is 312 g/mol. The van der Waals surface area contributed by atoms with Crippen LogP contribution in [-0.2, 0) is 16.1 Å². The maximum atomic E-state index is 11.7. The summed E-state index contributed by atoms with van der Waals surface area (Å²) in [6.07, 6.45) is 0. The van der Waals surface area contributed by atoms with Gasteiger partial charge in [-0.05, 0) is 13.0 Å². The molecule has 24 heavy (non-hydrogen) atoms. The van der Waals surface area contributed by atoms with E-state index in [1.54, 1.807) is 0 Å². The van der Waals surface area contributed by atoms with E-state index in [1.165, 1.54) is 19.2 Å². The number of carbonyl (C=O) groups is 1. The Morgan fingerprint density at radius 2 is 1.96 bits per heavy atom. The second kappa shape index (κ2) is 6.45. The first-order valence-corrected chi connectivity index (χ1v) is 7.13. The standard InChI is InChI=1S/C16H14N4O4/c1-10-3-5-11(6-4-10)15-17-16(24-19-15)12-7-8-13(21)20(18-12)9-14(22)23-2/h3-8H,9H2,1-2H3. The minimum Gasteiger partial charge on any atom is -0.468 e. The van der Waals surface area contributed by atoms with Crippen molar-refractivity contribution in [2.24, 2.45) is 0 Å². The minimum absolute atomic E-state index is 0.157. The first kappa shape index (κ1) is 15.6. The molecule has 1 aromatic carbocycles. The SMILES string of the molecule is COC(=O)Cn1nc(-c2nc(-c3ccc(C)cc3)no2)ccc1=O. The molecule has 0 N–H and O–H groups in total. The predicted molar refractivity (Wildman–Crippen MR) is 84.0 cm³/mol. The molecule has 0 radical (unpaired) electrons. The van der Waals surface area contributed by atoms with E-state index in [1.807, 2.05) is 31.2 Å². The van der Waals surface area contributed by atoms with E-state index < -0.39 is 11.5 Å². The zero-order valence-corrected chi connectivity index (χ0v) is 13.1. The van der Waals surface area contributed by atoms with Gasteiger partial charge >= 0.3 is 5.97 Å². The van der Waals surface area contributed by atoms with Gasteiger partial charge in [0.1, 0.15) is 12.2 Å². The van der Waals surface area contributed by atoms with E-state index in [9.17, 15) is 9.59 Å². The molecule has 2 heterocycles. The Hall–Kier alpha value is -3.29. The van der Waals surface area contributed by atoms with E-state index in [4.69, 9.17) is 4.52 Å². The summed E-state index contributed by atoms with van der Waals surface area (Å²) >= 11 is 0.